The highest BCUT2D eigenvalue weighted by molar-refractivity contribution is 6.01. The zero-order chi connectivity index (χ0) is 15.7. The van der Waals surface area contributed by atoms with Crippen molar-refractivity contribution in [3.63, 3.8) is 0 Å². The van der Waals surface area contributed by atoms with Crippen molar-refractivity contribution in [2.75, 3.05) is 5.32 Å². The lowest BCUT2D eigenvalue weighted by Gasteiger charge is -2.22. The molecule has 2 N–H and O–H groups in total. The maximum absolute atomic E-state index is 12.5. The van der Waals surface area contributed by atoms with Gasteiger partial charge in [-0.05, 0) is 25.5 Å². The molecule has 2 amide bonds. The van der Waals surface area contributed by atoms with Crippen molar-refractivity contribution in [1.29, 1.82) is 0 Å². The fraction of sp³-hybridized carbons (Fsp3) is 0.333. The van der Waals surface area contributed by atoms with E-state index in [1.54, 1.807) is 4.57 Å². The van der Waals surface area contributed by atoms with Gasteiger partial charge < -0.3 is 9.88 Å². The number of rotatable bonds is 3. The standard InChI is InChI=1S/C15H16N4O3/c1-2-19-11-6-4-3-5-9(11)16-13(15(19)22)17-10-7-8-12(20)18-14(10)21/h3-6,10H,2,7-8H2,1H3,(H,16,17)(H,18,20,21). The van der Waals surface area contributed by atoms with E-state index < -0.39 is 11.9 Å². The molecule has 1 aliphatic rings. The molecule has 1 unspecified atom stereocenters. The van der Waals surface area contributed by atoms with Gasteiger partial charge in [0.15, 0.2) is 5.82 Å². The predicted octanol–water partition coefficient (Wildman–Crippen LogP) is 0.633. The maximum atomic E-state index is 12.5. The van der Waals surface area contributed by atoms with Crippen molar-refractivity contribution in [1.82, 2.24) is 14.9 Å². The molecule has 1 fully saturated rings. The van der Waals surface area contributed by atoms with Gasteiger partial charge in [0, 0.05) is 13.0 Å². The number of para-hydroxylation sites is 2. The van der Waals surface area contributed by atoms with Crippen LogP contribution in [0.5, 0.6) is 0 Å². The highest BCUT2D eigenvalue weighted by Crippen LogP contribution is 2.14. The van der Waals surface area contributed by atoms with E-state index in [1.165, 1.54) is 0 Å². The number of anilines is 1. The summed E-state index contributed by atoms with van der Waals surface area (Å²) in [5.41, 5.74) is 1.16. The van der Waals surface area contributed by atoms with Gasteiger partial charge in [-0.3, -0.25) is 19.7 Å². The number of aryl methyl sites for hydroxylation is 1. The predicted molar refractivity (Wildman–Crippen MR) is 81.5 cm³/mol. The number of nitrogens with zero attached hydrogens (tertiary/aromatic N) is 2. The van der Waals surface area contributed by atoms with Crippen LogP contribution in [0.3, 0.4) is 0 Å². The van der Waals surface area contributed by atoms with Crippen molar-refractivity contribution < 1.29 is 9.59 Å². The number of piperidine rings is 1. The largest absolute Gasteiger partial charge is 0.354 e. The lowest BCUT2D eigenvalue weighted by molar-refractivity contribution is -0.133. The van der Waals surface area contributed by atoms with E-state index in [-0.39, 0.29) is 23.7 Å². The van der Waals surface area contributed by atoms with Crippen LogP contribution < -0.4 is 16.2 Å². The van der Waals surface area contributed by atoms with Crippen LogP contribution >= 0.6 is 0 Å². The first-order valence-electron chi connectivity index (χ1n) is 7.20. The molecule has 7 heteroatoms. The van der Waals surface area contributed by atoms with Gasteiger partial charge in [-0.25, -0.2) is 4.98 Å². The molecule has 0 aliphatic carbocycles. The Kier molecular flexibility index (Phi) is 3.62. The third-order valence-electron chi connectivity index (χ3n) is 3.72. The molecule has 0 bridgehead atoms. The second-order valence-electron chi connectivity index (χ2n) is 5.15. The molecule has 22 heavy (non-hydrogen) atoms. The summed E-state index contributed by atoms with van der Waals surface area (Å²) in [6, 6.07) is 6.72. The first-order valence-corrected chi connectivity index (χ1v) is 7.20. The average Bonchev–Trinajstić information content (AvgIpc) is 2.51. The summed E-state index contributed by atoms with van der Waals surface area (Å²) in [5.74, 6) is -0.579. The van der Waals surface area contributed by atoms with E-state index in [0.717, 1.165) is 5.52 Å². The van der Waals surface area contributed by atoms with E-state index in [0.29, 0.717) is 18.5 Å². The zero-order valence-electron chi connectivity index (χ0n) is 12.1. The maximum Gasteiger partial charge on any atom is 0.293 e. The van der Waals surface area contributed by atoms with Crippen LogP contribution in [0.15, 0.2) is 29.1 Å². The van der Waals surface area contributed by atoms with E-state index in [9.17, 15) is 14.4 Å². The molecule has 1 aliphatic heterocycles. The Balaban J connectivity index is 2.01. The minimum Gasteiger partial charge on any atom is -0.354 e. The second kappa shape index (κ2) is 5.59. The van der Waals surface area contributed by atoms with E-state index in [2.05, 4.69) is 15.6 Å². The number of carbonyl (C=O) groups excluding carboxylic acids is 2. The summed E-state index contributed by atoms with van der Waals surface area (Å²) in [6.07, 6.45) is 0.601. The number of fused-ring (bicyclic) bond motifs is 1. The van der Waals surface area contributed by atoms with Crippen molar-refractivity contribution in [3.8, 4) is 0 Å². The molecule has 7 nitrogen and oxygen atoms in total. The van der Waals surface area contributed by atoms with Crippen LogP contribution in [0, 0.1) is 0 Å². The number of hydrogen-bond donors (Lipinski definition) is 2. The zero-order valence-corrected chi connectivity index (χ0v) is 12.1. The van der Waals surface area contributed by atoms with Gasteiger partial charge in [-0.2, -0.15) is 0 Å². The van der Waals surface area contributed by atoms with E-state index >= 15 is 0 Å². The highest BCUT2D eigenvalue weighted by atomic mass is 16.2. The molecule has 1 atom stereocenters. The first-order chi connectivity index (χ1) is 10.6. The van der Waals surface area contributed by atoms with Crippen LogP contribution in [0.2, 0.25) is 0 Å². The number of carbonyl (C=O) groups is 2. The Morgan fingerprint density at radius 1 is 1.32 bits per heavy atom. The lowest BCUT2D eigenvalue weighted by atomic mass is 10.1. The van der Waals surface area contributed by atoms with Gasteiger partial charge in [0.25, 0.3) is 5.56 Å². The summed E-state index contributed by atoms with van der Waals surface area (Å²) in [6.45, 7) is 2.38. The van der Waals surface area contributed by atoms with Crippen LogP contribution in [0.25, 0.3) is 11.0 Å². The number of benzene rings is 1. The summed E-state index contributed by atoms with van der Waals surface area (Å²) in [7, 11) is 0. The van der Waals surface area contributed by atoms with E-state index in [1.807, 2.05) is 31.2 Å². The van der Waals surface area contributed by atoms with Gasteiger partial charge in [0.05, 0.1) is 11.0 Å². The smallest absolute Gasteiger partial charge is 0.293 e. The van der Waals surface area contributed by atoms with Crippen molar-refractivity contribution >= 4 is 28.7 Å². The molecule has 1 saturated heterocycles. The minimum absolute atomic E-state index is 0.134. The summed E-state index contributed by atoms with van der Waals surface area (Å²) >= 11 is 0. The molecular weight excluding hydrogens is 284 g/mol. The van der Waals surface area contributed by atoms with Gasteiger partial charge >= 0.3 is 0 Å². The van der Waals surface area contributed by atoms with Gasteiger partial charge in [0.2, 0.25) is 11.8 Å². The van der Waals surface area contributed by atoms with Crippen LogP contribution in [-0.2, 0) is 16.1 Å². The van der Waals surface area contributed by atoms with Gasteiger partial charge in [-0.15, -0.1) is 0 Å². The number of amides is 2. The quantitative estimate of drug-likeness (QED) is 0.811. The Morgan fingerprint density at radius 2 is 2.09 bits per heavy atom. The van der Waals surface area contributed by atoms with Gasteiger partial charge in [-0.1, -0.05) is 12.1 Å². The molecule has 114 valence electrons. The number of imide groups is 1. The Hall–Kier alpha value is -2.70. The average molecular weight is 300 g/mol. The molecule has 1 aromatic heterocycles. The Bertz CT molecular complexity index is 812. The first kappa shape index (κ1) is 14.2. The molecule has 0 spiro atoms. The number of nitrogens with one attached hydrogen (secondary N) is 2. The number of aromatic nitrogens is 2. The summed E-state index contributed by atoms with van der Waals surface area (Å²) in [5, 5.41) is 5.14. The SMILES string of the molecule is CCn1c(=O)c(NC2CCC(=O)NC2=O)nc2ccccc21. The topological polar surface area (TPSA) is 93.1 Å². The monoisotopic (exact) mass is 300 g/mol. The van der Waals surface area contributed by atoms with Crippen molar-refractivity contribution in [2.24, 2.45) is 0 Å². The minimum atomic E-state index is -0.621. The normalized spacial score (nSPS) is 18.3. The van der Waals surface area contributed by atoms with Gasteiger partial charge in [0.1, 0.15) is 6.04 Å². The Morgan fingerprint density at radius 3 is 2.82 bits per heavy atom. The lowest BCUT2D eigenvalue weighted by Crippen LogP contribution is -2.48. The molecule has 3 rings (SSSR count). The van der Waals surface area contributed by atoms with Crippen molar-refractivity contribution in [2.45, 2.75) is 32.4 Å². The molecule has 2 heterocycles. The highest BCUT2D eigenvalue weighted by Gasteiger charge is 2.27. The summed E-state index contributed by atoms with van der Waals surface area (Å²) < 4.78 is 1.61. The van der Waals surface area contributed by atoms with Crippen molar-refractivity contribution in [3.05, 3.63) is 34.6 Å². The third-order valence-corrected chi connectivity index (χ3v) is 3.72. The molecule has 2 aromatic rings. The molecule has 1 aromatic carbocycles. The summed E-state index contributed by atoms with van der Waals surface area (Å²) in [4.78, 5) is 39.8. The fourth-order valence-electron chi connectivity index (χ4n) is 2.60. The van der Waals surface area contributed by atoms with Crippen LogP contribution in [0.1, 0.15) is 19.8 Å². The Labute approximate surface area is 126 Å². The van der Waals surface area contributed by atoms with Crippen LogP contribution in [-0.4, -0.2) is 27.4 Å². The molecular formula is C15H16N4O3. The number of hydrogen-bond acceptors (Lipinski definition) is 5. The van der Waals surface area contributed by atoms with Crippen LogP contribution in [0.4, 0.5) is 5.82 Å². The third kappa shape index (κ3) is 2.45. The van der Waals surface area contributed by atoms with E-state index in [4.69, 9.17) is 0 Å². The fourth-order valence-corrected chi connectivity index (χ4v) is 2.60. The second-order valence-corrected chi connectivity index (χ2v) is 5.15. The molecule has 0 saturated carbocycles. The molecule has 0 radical (unpaired) electrons.